The van der Waals surface area contributed by atoms with Crippen LogP contribution in [0.1, 0.15) is 33.0 Å². The predicted octanol–water partition coefficient (Wildman–Crippen LogP) is -0.629. The molecule has 4 heterocycles. The van der Waals surface area contributed by atoms with E-state index < -0.39 is 67.0 Å². The van der Waals surface area contributed by atoms with E-state index in [0.717, 1.165) is 9.80 Å². The van der Waals surface area contributed by atoms with Crippen LogP contribution in [0.2, 0.25) is 0 Å². The molecule has 2 aliphatic heterocycles. The highest BCUT2D eigenvalue weighted by molar-refractivity contribution is 7.12. The lowest BCUT2D eigenvalue weighted by Gasteiger charge is -2.23. The van der Waals surface area contributed by atoms with Gasteiger partial charge in [0, 0.05) is 51.3 Å². The molecule has 4 amide bonds. The van der Waals surface area contributed by atoms with Crippen LogP contribution in [0, 0.1) is 0 Å². The van der Waals surface area contributed by atoms with Crippen LogP contribution in [0.5, 0.6) is 0 Å². The number of amides is 4. The van der Waals surface area contributed by atoms with Crippen molar-refractivity contribution in [1.82, 2.24) is 25.0 Å². The predicted molar refractivity (Wildman–Crippen MR) is 139 cm³/mol. The zero-order valence-corrected chi connectivity index (χ0v) is 22.3. The first-order valence-corrected chi connectivity index (χ1v) is 13.3. The fraction of sp³-hybridized carbons (Fsp3) is 0.440. The molecule has 0 radical (unpaired) electrons. The molecule has 0 aliphatic carbocycles. The van der Waals surface area contributed by atoms with Gasteiger partial charge in [-0.2, -0.15) is 0 Å². The Morgan fingerprint density at radius 1 is 0.875 bits per heavy atom. The van der Waals surface area contributed by atoms with Gasteiger partial charge in [-0.3, -0.25) is 19.2 Å². The fourth-order valence-corrected chi connectivity index (χ4v) is 5.54. The van der Waals surface area contributed by atoms with Crippen LogP contribution in [0.25, 0.3) is 0 Å². The number of likely N-dealkylation sites (tertiary alicyclic amines) is 2. The van der Waals surface area contributed by atoms with E-state index in [4.69, 9.17) is 4.74 Å². The number of carbonyl (C=O) groups excluding carboxylic acids is 4. The second kappa shape index (κ2) is 12.3. The molecule has 40 heavy (non-hydrogen) atoms. The van der Waals surface area contributed by atoms with Crippen LogP contribution in [-0.2, 0) is 31.0 Å². The number of nitrogens with one attached hydrogen (secondary N) is 2. The van der Waals surface area contributed by atoms with E-state index >= 15 is 0 Å². The fourth-order valence-electron chi connectivity index (χ4n) is 4.91. The Morgan fingerprint density at radius 3 is 1.88 bits per heavy atom. The number of carboxylic acid groups (broad SMARTS) is 2. The average Bonchev–Trinajstić information content (AvgIpc) is 3.69. The van der Waals surface area contributed by atoms with E-state index in [1.54, 1.807) is 47.5 Å². The monoisotopic (exact) mass is 575 g/mol. The zero-order valence-electron chi connectivity index (χ0n) is 21.5. The lowest BCUT2D eigenvalue weighted by Crippen LogP contribution is -2.45. The van der Waals surface area contributed by atoms with Gasteiger partial charge in [-0.05, 0) is 23.6 Å². The highest BCUT2D eigenvalue weighted by Crippen LogP contribution is 2.21. The van der Waals surface area contributed by atoms with Gasteiger partial charge < -0.3 is 40.0 Å². The van der Waals surface area contributed by atoms with Crippen LogP contribution < -0.4 is 10.6 Å². The van der Waals surface area contributed by atoms with Gasteiger partial charge in [0.1, 0.15) is 31.0 Å². The SMILES string of the molecule is Cn1cccc1C(=O)N[C@H]1C[C@@H](C(=O)O)N(C(=O)COCC(=O)N2C[C@@H](NC(=O)c3cccs3)C[C@H]2C(=O)O)C1. The van der Waals surface area contributed by atoms with Crippen molar-refractivity contribution in [2.75, 3.05) is 26.3 Å². The van der Waals surface area contributed by atoms with Crippen molar-refractivity contribution in [1.29, 1.82) is 0 Å². The topological polar surface area (TPSA) is 188 Å². The molecule has 2 fully saturated rings. The van der Waals surface area contributed by atoms with Gasteiger partial charge in [-0.1, -0.05) is 6.07 Å². The van der Waals surface area contributed by atoms with E-state index in [1.807, 2.05) is 0 Å². The van der Waals surface area contributed by atoms with E-state index in [9.17, 15) is 39.0 Å². The summed E-state index contributed by atoms with van der Waals surface area (Å²) in [5.74, 6) is -4.61. The molecule has 15 heteroatoms. The van der Waals surface area contributed by atoms with Crippen LogP contribution in [-0.4, -0.2) is 111 Å². The van der Waals surface area contributed by atoms with Crippen LogP contribution in [0.3, 0.4) is 0 Å². The Hall–Kier alpha value is -4.24. The molecule has 2 saturated heterocycles. The lowest BCUT2D eigenvalue weighted by molar-refractivity contribution is -0.153. The molecule has 2 aromatic heterocycles. The molecule has 2 aromatic rings. The van der Waals surface area contributed by atoms with Gasteiger partial charge in [-0.25, -0.2) is 9.59 Å². The maximum Gasteiger partial charge on any atom is 0.326 e. The zero-order chi connectivity index (χ0) is 29.0. The molecule has 0 bridgehead atoms. The van der Waals surface area contributed by atoms with Gasteiger partial charge >= 0.3 is 11.9 Å². The van der Waals surface area contributed by atoms with Crippen LogP contribution >= 0.6 is 11.3 Å². The van der Waals surface area contributed by atoms with Crippen molar-refractivity contribution in [3.63, 3.8) is 0 Å². The smallest absolute Gasteiger partial charge is 0.326 e. The number of aromatic nitrogens is 1. The van der Waals surface area contributed by atoms with Crippen molar-refractivity contribution in [3.05, 3.63) is 46.4 Å². The van der Waals surface area contributed by atoms with E-state index in [2.05, 4.69) is 10.6 Å². The first-order valence-electron chi connectivity index (χ1n) is 12.4. The minimum atomic E-state index is -1.24. The summed E-state index contributed by atoms with van der Waals surface area (Å²) in [5.41, 5.74) is 0.383. The standard InChI is InChI=1S/C25H29N5O9S/c1-28-6-2-4-16(28)22(33)26-14-8-17(24(35)36)29(10-14)20(31)12-39-13-21(32)30-11-15(9-18(30)25(37)38)27-23(34)19-5-3-7-40-19/h2-7,14-15,17-18H,8-13H2,1H3,(H,26,33)(H,27,34)(H,35,36)(H,37,38)/t14-,15-,17-,18-/m0/s1. The summed E-state index contributed by atoms with van der Waals surface area (Å²) < 4.78 is 6.87. The molecule has 0 unspecified atom stereocenters. The normalized spacial score (nSPS) is 22.2. The number of rotatable bonds is 10. The largest absolute Gasteiger partial charge is 0.480 e. The Morgan fingerprint density at radius 2 is 1.43 bits per heavy atom. The average molecular weight is 576 g/mol. The van der Waals surface area contributed by atoms with Gasteiger partial charge in [0.2, 0.25) is 11.8 Å². The maximum atomic E-state index is 12.8. The third-order valence-corrected chi connectivity index (χ3v) is 7.72. The Labute approximate surface area is 232 Å². The summed E-state index contributed by atoms with van der Waals surface area (Å²) in [6.07, 6.45) is 1.71. The summed E-state index contributed by atoms with van der Waals surface area (Å²) in [5, 5.41) is 26.4. The first kappa shape index (κ1) is 28.8. The Bertz CT molecular complexity index is 1290. The lowest BCUT2D eigenvalue weighted by atomic mass is 10.1. The molecule has 4 rings (SSSR count). The number of nitrogens with zero attached hydrogens (tertiary/aromatic N) is 3. The number of carbonyl (C=O) groups is 6. The number of ether oxygens (including phenoxy) is 1. The van der Waals surface area contributed by atoms with Gasteiger partial charge in [0.15, 0.2) is 0 Å². The maximum absolute atomic E-state index is 12.8. The number of hydrogen-bond donors (Lipinski definition) is 4. The molecular weight excluding hydrogens is 546 g/mol. The summed E-state index contributed by atoms with van der Waals surface area (Å²) in [6, 6.07) is 3.11. The van der Waals surface area contributed by atoms with Crippen molar-refractivity contribution >= 4 is 46.9 Å². The molecule has 214 valence electrons. The number of hydrogen-bond acceptors (Lipinski definition) is 8. The number of thiophene rings is 1. The number of carboxylic acids is 2. The molecule has 0 aromatic carbocycles. The Balaban J connectivity index is 1.29. The molecule has 14 nitrogen and oxygen atoms in total. The second-order valence-electron chi connectivity index (χ2n) is 9.59. The third kappa shape index (κ3) is 6.48. The van der Waals surface area contributed by atoms with Gasteiger partial charge in [0.05, 0.1) is 4.88 Å². The van der Waals surface area contributed by atoms with E-state index in [1.165, 1.54) is 11.3 Å². The van der Waals surface area contributed by atoms with E-state index in [0.29, 0.717) is 10.6 Å². The third-order valence-electron chi connectivity index (χ3n) is 6.86. The van der Waals surface area contributed by atoms with Crippen molar-refractivity contribution in [2.24, 2.45) is 7.05 Å². The van der Waals surface area contributed by atoms with Crippen LogP contribution in [0.4, 0.5) is 0 Å². The van der Waals surface area contributed by atoms with Crippen molar-refractivity contribution in [2.45, 2.75) is 37.0 Å². The Kier molecular flexibility index (Phi) is 8.84. The molecule has 0 saturated carbocycles. The first-order chi connectivity index (χ1) is 19.0. The molecule has 4 N–H and O–H groups in total. The molecule has 0 spiro atoms. The molecular formula is C25H29N5O9S. The minimum absolute atomic E-state index is 0.00279. The van der Waals surface area contributed by atoms with Gasteiger partial charge in [0.25, 0.3) is 11.8 Å². The highest BCUT2D eigenvalue weighted by atomic mass is 32.1. The van der Waals surface area contributed by atoms with Crippen molar-refractivity contribution < 1.29 is 43.7 Å². The summed E-state index contributed by atoms with van der Waals surface area (Å²) >= 11 is 1.23. The van der Waals surface area contributed by atoms with Crippen molar-refractivity contribution in [3.8, 4) is 0 Å². The summed E-state index contributed by atoms with van der Waals surface area (Å²) in [7, 11) is 1.69. The highest BCUT2D eigenvalue weighted by Gasteiger charge is 2.42. The number of aryl methyl sites for hydroxylation is 1. The summed E-state index contributed by atoms with van der Waals surface area (Å²) in [4.78, 5) is 76.5. The van der Waals surface area contributed by atoms with Gasteiger partial charge in [-0.15, -0.1) is 11.3 Å². The van der Waals surface area contributed by atoms with Crippen LogP contribution in [0.15, 0.2) is 35.8 Å². The second-order valence-corrected chi connectivity index (χ2v) is 10.5. The molecule has 2 aliphatic rings. The summed E-state index contributed by atoms with van der Waals surface area (Å²) in [6.45, 7) is -1.32. The number of aliphatic carboxylic acids is 2. The molecule has 4 atom stereocenters. The minimum Gasteiger partial charge on any atom is -0.480 e. The van der Waals surface area contributed by atoms with E-state index in [-0.39, 0.29) is 31.8 Å². The quantitative estimate of drug-likeness (QED) is 0.286.